The molecule has 3 aliphatic heterocycles. The molecule has 1 aromatic rings. The van der Waals surface area contributed by atoms with Crippen molar-refractivity contribution in [2.45, 2.75) is 51.0 Å². The summed E-state index contributed by atoms with van der Waals surface area (Å²) in [7, 11) is -3.76. The average molecular weight is 534 g/mol. The molecule has 10 nitrogen and oxygen atoms in total. The number of rotatable bonds is 11. The zero-order valence-electron chi connectivity index (χ0n) is 22.1. The molecule has 3 heterocycles. The maximum Gasteiger partial charge on any atom is 0.249 e. The molecule has 0 aromatic heterocycles. The second-order valence-electron chi connectivity index (χ2n) is 9.63. The normalized spacial score (nSPS) is 21.7. The van der Waals surface area contributed by atoms with Crippen LogP contribution in [0.4, 0.5) is 0 Å². The zero-order valence-corrected chi connectivity index (χ0v) is 22.9. The third-order valence-electron chi connectivity index (χ3n) is 7.11. The van der Waals surface area contributed by atoms with Crippen molar-refractivity contribution in [3.63, 3.8) is 0 Å². The Kier molecular flexibility index (Phi) is 9.02. The second kappa shape index (κ2) is 12.0. The van der Waals surface area contributed by atoms with E-state index < -0.39 is 16.1 Å². The van der Waals surface area contributed by atoms with Crippen LogP contribution in [0.25, 0.3) is 0 Å². The Morgan fingerprint density at radius 2 is 1.89 bits per heavy atom. The van der Waals surface area contributed by atoms with Gasteiger partial charge < -0.3 is 15.2 Å². The second-order valence-corrected chi connectivity index (χ2v) is 11.6. The summed E-state index contributed by atoms with van der Waals surface area (Å²) in [4.78, 5) is 22.5. The van der Waals surface area contributed by atoms with Crippen molar-refractivity contribution < 1.29 is 23.1 Å². The average Bonchev–Trinajstić information content (AvgIpc) is 3.26. The highest BCUT2D eigenvalue weighted by Crippen LogP contribution is 2.33. The fourth-order valence-corrected chi connectivity index (χ4v) is 6.60. The summed E-state index contributed by atoms with van der Waals surface area (Å²) in [6, 6.07) is 4.38. The van der Waals surface area contributed by atoms with Crippen molar-refractivity contribution in [2.24, 2.45) is 4.99 Å². The van der Waals surface area contributed by atoms with E-state index in [0.717, 1.165) is 37.1 Å². The summed E-state index contributed by atoms with van der Waals surface area (Å²) in [5.41, 5.74) is 2.40. The van der Waals surface area contributed by atoms with Gasteiger partial charge in [-0.3, -0.25) is 14.6 Å². The van der Waals surface area contributed by atoms with Crippen LogP contribution in [0.2, 0.25) is 0 Å². The van der Waals surface area contributed by atoms with Crippen molar-refractivity contribution in [3.8, 4) is 5.75 Å². The third kappa shape index (κ3) is 5.75. The first-order valence-electron chi connectivity index (χ1n) is 13.3. The van der Waals surface area contributed by atoms with Crippen LogP contribution < -0.4 is 10.1 Å². The fraction of sp³-hybridized carbons (Fsp3) is 0.615. The quantitative estimate of drug-likeness (QED) is 0.442. The predicted molar refractivity (Wildman–Crippen MR) is 142 cm³/mol. The number of fused-ring (bicyclic) bond motifs is 1. The largest absolute Gasteiger partial charge is 0.493 e. The number of piperazine rings is 1. The minimum Gasteiger partial charge on any atom is -0.493 e. The molecule has 4 rings (SSSR count). The Labute approximate surface area is 220 Å². The Balaban J connectivity index is 1.71. The molecule has 2 N–H and O–H groups in total. The van der Waals surface area contributed by atoms with Crippen LogP contribution in [0, 0.1) is 0 Å². The molecule has 1 fully saturated rings. The summed E-state index contributed by atoms with van der Waals surface area (Å²) in [5, 5.41) is 12.1. The van der Waals surface area contributed by atoms with Crippen LogP contribution >= 0.6 is 0 Å². The third-order valence-corrected chi connectivity index (χ3v) is 9.01. The molecule has 1 amide bonds. The maximum absolute atomic E-state index is 13.6. The van der Waals surface area contributed by atoms with Gasteiger partial charge in [0.15, 0.2) is 0 Å². The summed E-state index contributed by atoms with van der Waals surface area (Å²) in [6.07, 6.45) is 2.61. The fourth-order valence-electron chi connectivity index (χ4n) is 5.15. The lowest BCUT2D eigenvalue weighted by atomic mass is 10.0. The Bertz CT molecular complexity index is 1160. The number of aliphatic hydroxyl groups excluding tert-OH is 1. The number of ether oxygens (including phenoxy) is 1. The number of nitrogens with one attached hydrogen (secondary N) is 1. The van der Waals surface area contributed by atoms with Crippen LogP contribution in [0.5, 0.6) is 5.75 Å². The van der Waals surface area contributed by atoms with Crippen molar-refractivity contribution in [1.82, 2.24) is 19.4 Å². The first kappa shape index (κ1) is 27.7. The number of likely N-dealkylation sites (N-methyl/N-ethyl adjacent to an activating group) is 1. The first-order chi connectivity index (χ1) is 17.8. The topological polar surface area (TPSA) is 115 Å². The molecule has 0 saturated carbocycles. The number of aliphatic imine (C=N–C) groups is 1. The molecule has 0 aliphatic carbocycles. The number of aliphatic hydroxyl groups is 1. The molecule has 0 spiro atoms. The van der Waals surface area contributed by atoms with Gasteiger partial charge in [0.25, 0.3) is 0 Å². The first-order valence-corrected chi connectivity index (χ1v) is 14.7. The number of sulfonamides is 1. The molecule has 11 heteroatoms. The van der Waals surface area contributed by atoms with E-state index in [1.54, 1.807) is 18.2 Å². The number of amidine groups is 1. The van der Waals surface area contributed by atoms with E-state index in [2.05, 4.69) is 17.1 Å². The highest BCUT2D eigenvalue weighted by molar-refractivity contribution is 7.89. The van der Waals surface area contributed by atoms with Gasteiger partial charge in [-0.25, -0.2) is 13.4 Å². The maximum atomic E-state index is 13.6. The molecular formula is C26H39N5O5S. The van der Waals surface area contributed by atoms with E-state index >= 15 is 0 Å². The van der Waals surface area contributed by atoms with Gasteiger partial charge in [0.1, 0.15) is 17.6 Å². The van der Waals surface area contributed by atoms with E-state index in [1.807, 2.05) is 18.7 Å². The summed E-state index contributed by atoms with van der Waals surface area (Å²) >= 11 is 0. The predicted octanol–water partition coefficient (Wildman–Crippen LogP) is 1.41. The minimum atomic E-state index is -3.76. The van der Waals surface area contributed by atoms with Crippen molar-refractivity contribution >= 4 is 21.8 Å². The van der Waals surface area contributed by atoms with E-state index in [1.165, 1.54) is 4.31 Å². The molecule has 0 bridgehead atoms. The number of hydrogen-bond donors (Lipinski definition) is 2. The van der Waals surface area contributed by atoms with Gasteiger partial charge in [-0.1, -0.05) is 27.2 Å². The van der Waals surface area contributed by atoms with Crippen molar-refractivity contribution in [2.75, 3.05) is 59.0 Å². The number of amides is 1. The Morgan fingerprint density at radius 3 is 2.54 bits per heavy atom. The van der Waals surface area contributed by atoms with Crippen molar-refractivity contribution in [1.29, 1.82) is 0 Å². The van der Waals surface area contributed by atoms with Gasteiger partial charge in [0.2, 0.25) is 15.9 Å². The number of carbonyl (C=O) groups excluding carboxylic acids is 1. The molecule has 1 saturated heterocycles. The van der Waals surface area contributed by atoms with Gasteiger partial charge in [-0.05, 0) is 43.2 Å². The SMILES string of the molecule is CCCOc1ccc(S(=O)(=O)N2CCN(CCO)CC2)cc1C1=NC2=C(CCC)CN(CC)[C@@H]2C(=O)N1. The Hall–Kier alpha value is -2.31. The summed E-state index contributed by atoms with van der Waals surface area (Å²) in [6.45, 7) is 10.5. The van der Waals surface area contributed by atoms with E-state index in [4.69, 9.17) is 9.73 Å². The molecule has 204 valence electrons. The smallest absolute Gasteiger partial charge is 0.249 e. The molecule has 0 radical (unpaired) electrons. The molecule has 3 aliphatic rings. The van der Waals surface area contributed by atoms with Crippen LogP contribution in [0.1, 0.15) is 45.6 Å². The number of hydrogen-bond acceptors (Lipinski definition) is 8. The molecule has 1 aromatic carbocycles. The summed E-state index contributed by atoms with van der Waals surface area (Å²) < 4.78 is 34.5. The van der Waals surface area contributed by atoms with E-state index in [-0.39, 0.29) is 17.4 Å². The van der Waals surface area contributed by atoms with Crippen LogP contribution in [-0.2, 0) is 14.8 Å². The van der Waals surface area contributed by atoms with Gasteiger partial charge in [0.05, 0.1) is 29.4 Å². The zero-order chi connectivity index (χ0) is 26.6. The molecule has 1 atom stereocenters. The van der Waals surface area contributed by atoms with Gasteiger partial charge in [0, 0.05) is 39.3 Å². The molecule has 37 heavy (non-hydrogen) atoms. The highest BCUT2D eigenvalue weighted by atomic mass is 32.2. The van der Waals surface area contributed by atoms with E-state index in [9.17, 15) is 18.3 Å². The lowest BCUT2D eigenvalue weighted by molar-refractivity contribution is -0.123. The van der Waals surface area contributed by atoms with E-state index in [0.29, 0.717) is 63.0 Å². The van der Waals surface area contributed by atoms with Gasteiger partial charge >= 0.3 is 0 Å². The summed E-state index contributed by atoms with van der Waals surface area (Å²) in [5.74, 6) is 0.676. The standard InChI is InChI=1S/C26H39N5O5S/c1-4-7-19-18-30(6-3)24-23(19)27-25(28-26(24)33)21-17-20(8-9-22(21)36-16-5-2)37(34,35)31-12-10-29(11-13-31)14-15-32/h8-9,17,24,32H,4-7,10-16,18H2,1-3H3,(H,27,28,33)/t24-/m0/s1. The molecular weight excluding hydrogens is 494 g/mol. The number of benzene rings is 1. The highest BCUT2D eigenvalue weighted by Gasteiger charge is 2.40. The Morgan fingerprint density at radius 1 is 1.14 bits per heavy atom. The van der Waals surface area contributed by atoms with Gasteiger partial charge in [-0.15, -0.1) is 0 Å². The van der Waals surface area contributed by atoms with Crippen molar-refractivity contribution in [3.05, 3.63) is 35.0 Å². The van der Waals surface area contributed by atoms with Crippen LogP contribution in [-0.4, -0.2) is 104 Å². The number of nitrogens with zero attached hydrogens (tertiary/aromatic N) is 4. The lowest BCUT2D eigenvalue weighted by Crippen LogP contribution is -2.50. The monoisotopic (exact) mass is 533 g/mol. The van der Waals surface area contributed by atoms with Gasteiger partial charge in [-0.2, -0.15) is 4.31 Å². The van der Waals surface area contributed by atoms with Crippen LogP contribution in [0.15, 0.2) is 39.4 Å². The molecule has 0 unspecified atom stereocenters. The number of carbonyl (C=O) groups is 1. The lowest BCUT2D eigenvalue weighted by Gasteiger charge is -2.33. The van der Waals surface area contributed by atoms with Crippen LogP contribution in [0.3, 0.4) is 0 Å². The minimum absolute atomic E-state index is 0.0520. The number of β-amino-alcohol motifs (C(OH)–C–C–N with tert-alkyl or cyclic N) is 1.